The summed E-state index contributed by atoms with van der Waals surface area (Å²) in [5, 5.41) is 9.39. The molecular formula is C12H13N3. The highest BCUT2D eigenvalue weighted by molar-refractivity contribution is 5.83. The van der Waals surface area contributed by atoms with Crippen molar-refractivity contribution in [2.75, 3.05) is 5.73 Å². The molecule has 1 aromatic heterocycles. The van der Waals surface area contributed by atoms with Crippen LogP contribution in [0.2, 0.25) is 0 Å². The van der Waals surface area contributed by atoms with Crippen molar-refractivity contribution < 1.29 is 8.22 Å². The number of rotatable bonds is 3. The topological polar surface area (TPSA) is 54.7 Å². The lowest BCUT2D eigenvalue weighted by Crippen LogP contribution is -1.95. The number of aryl methyl sites for hydroxylation is 1. The number of nitriles is 1. The summed E-state index contributed by atoms with van der Waals surface area (Å²) in [5.74, 6) is 0. The van der Waals surface area contributed by atoms with Crippen molar-refractivity contribution in [1.82, 2.24) is 4.57 Å². The largest absolute Gasteiger partial charge is 0.399 e. The van der Waals surface area contributed by atoms with Gasteiger partial charge in [0, 0.05) is 43.9 Å². The van der Waals surface area contributed by atoms with Gasteiger partial charge in [-0.05, 0) is 30.6 Å². The molecule has 3 heteroatoms. The average molecular weight is 205 g/mol. The second-order valence-corrected chi connectivity index (χ2v) is 2.98. The molecule has 0 saturated heterocycles. The fourth-order valence-corrected chi connectivity index (χ4v) is 1.37. The highest BCUT2D eigenvalue weighted by Crippen LogP contribution is 2.19. The number of nitrogen functional groups attached to an aromatic ring is 1. The van der Waals surface area contributed by atoms with Crippen LogP contribution in [0.5, 0.6) is 0 Å². The van der Waals surface area contributed by atoms with Gasteiger partial charge in [0.05, 0.1) is 6.07 Å². The Morgan fingerprint density at radius 3 is 3.13 bits per heavy atom. The van der Waals surface area contributed by atoms with Gasteiger partial charge in [-0.1, -0.05) is 0 Å². The number of benzene rings is 1. The maximum atomic E-state index is 8.78. The Morgan fingerprint density at radius 1 is 1.47 bits per heavy atom. The first-order valence-electron chi connectivity index (χ1n) is 7.33. The third-order valence-corrected chi connectivity index (χ3v) is 2.01. The summed E-state index contributed by atoms with van der Waals surface area (Å²) >= 11 is 0. The molecule has 1 heterocycles. The van der Waals surface area contributed by atoms with E-state index in [-0.39, 0.29) is 0 Å². The van der Waals surface area contributed by atoms with Crippen molar-refractivity contribution in [3.63, 3.8) is 0 Å². The summed E-state index contributed by atoms with van der Waals surface area (Å²) in [6.07, 6.45) is -4.72. The average Bonchev–Trinajstić information content (AvgIpc) is 2.81. The first-order chi connectivity index (χ1) is 9.54. The Balaban J connectivity index is 2.65. The summed E-state index contributed by atoms with van der Waals surface area (Å²) in [4.78, 5) is 0. The molecule has 2 aromatic rings. The lowest BCUT2D eigenvalue weighted by Gasteiger charge is -2.03. The van der Waals surface area contributed by atoms with Crippen LogP contribution in [0.4, 0.5) is 5.69 Å². The number of aromatic nitrogens is 1. The number of hydrogen-bond acceptors (Lipinski definition) is 2. The molecular weight excluding hydrogens is 186 g/mol. The van der Waals surface area contributed by atoms with Gasteiger partial charge in [0.25, 0.3) is 0 Å². The third-order valence-electron chi connectivity index (χ3n) is 2.01. The van der Waals surface area contributed by atoms with Gasteiger partial charge in [-0.15, -0.1) is 0 Å². The zero-order valence-electron chi connectivity index (χ0n) is 13.9. The number of hydrogen-bond donors (Lipinski definition) is 1. The van der Waals surface area contributed by atoms with Crippen molar-refractivity contribution in [3.8, 4) is 6.07 Å². The Labute approximate surface area is 97.2 Å². The third kappa shape index (κ3) is 1.94. The van der Waals surface area contributed by atoms with E-state index in [0.717, 1.165) is 4.57 Å². The lowest BCUT2D eigenvalue weighted by atomic mass is 10.2. The van der Waals surface area contributed by atoms with Gasteiger partial charge in [0.1, 0.15) is 0 Å². The molecule has 0 aliphatic heterocycles. The lowest BCUT2D eigenvalue weighted by molar-refractivity contribution is 0.674. The molecule has 0 amide bonds. The molecule has 0 fully saturated rings. The van der Waals surface area contributed by atoms with E-state index in [0.29, 0.717) is 16.6 Å². The Kier molecular flexibility index (Phi) is 1.27. The molecule has 3 nitrogen and oxygen atoms in total. The first-order valence-corrected chi connectivity index (χ1v) is 4.33. The molecule has 0 radical (unpaired) electrons. The minimum atomic E-state index is -3.05. The fraction of sp³-hybridized carbons (Fsp3) is 0.250. The molecule has 15 heavy (non-hydrogen) atoms. The first kappa shape index (κ1) is 4.71. The SMILES string of the molecule is [2H]C([2H])(C#N)C([2H])([2H])C([2H])([2H])n1ccc2cc(N)ccc21. The Morgan fingerprint density at radius 2 is 2.33 bits per heavy atom. The fourth-order valence-electron chi connectivity index (χ4n) is 1.37. The molecule has 0 unspecified atom stereocenters. The van der Waals surface area contributed by atoms with Crippen molar-refractivity contribution in [1.29, 1.82) is 5.26 Å². The van der Waals surface area contributed by atoms with Crippen molar-refractivity contribution in [3.05, 3.63) is 30.5 Å². The summed E-state index contributed by atoms with van der Waals surface area (Å²) in [6, 6.07) is 7.43. The highest BCUT2D eigenvalue weighted by Gasteiger charge is 2.00. The Bertz CT molecular complexity index is 728. The number of nitrogens with two attached hydrogens (primary N) is 1. The molecule has 2 N–H and O–H groups in total. The minimum absolute atomic E-state index is 0.367. The van der Waals surface area contributed by atoms with Gasteiger partial charge in [-0.25, -0.2) is 0 Å². The van der Waals surface area contributed by atoms with Gasteiger partial charge < -0.3 is 10.3 Å². The predicted molar refractivity (Wildman–Crippen MR) is 61.2 cm³/mol. The van der Waals surface area contributed by atoms with Gasteiger partial charge in [-0.3, -0.25) is 0 Å². The second-order valence-electron chi connectivity index (χ2n) is 2.98. The van der Waals surface area contributed by atoms with Gasteiger partial charge in [0.2, 0.25) is 0 Å². The van der Waals surface area contributed by atoms with Crippen molar-refractivity contribution in [2.45, 2.75) is 19.2 Å². The quantitative estimate of drug-likeness (QED) is 0.783. The summed E-state index contributed by atoms with van der Waals surface area (Å²) in [6.45, 7) is -2.76. The number of nitrogens with zero attached hydrogens (tertiary/aromatic N) is 2. The monoisotopic (exact) mass is 205 g/mol. The maximum Gasteiger partial charge on any atom is 0.0622 e. The van der Waals surface area contributed by atoms with Gasteiger partial charge in [-0.2, -0.15) is 5.26 Å². The summed E-state index contributed by atoms with van der Waals surface area (Å²) in [7, 11) is 0. The molecule has 76 valence electrons. The standard InChI is InChI=1S/C12H13N3/c13-6-1-2-7-15-8-5-10-9-11(14)3-4-12(10)15/h3-5,8-9H,1-2,7,14H2/i1D2,2D2,7D2. The predicted octanol–water partition coefficient (Wildman–Crippen LogP) is 2.53. The molecule has 0 saturated carbocycles. The minimum Gasteiger partial charge on any atom is -0.399 e. The highest BCUT2D eigenvalue weighted by atomic mass is 14.9. The number of anilines is 1. The molecule has 0 aliphatic rings. The van der Waals surface area contributed by atoms with Crippen molar-refractivity contribution in [2.24, 2.45) is 0 Å². The molecule has 2 rings (SSSR count). The summed E-state index contributed by atoms with van der Waals surface area (Å²) < 4.78 is 47.4. The van der Waals surface area contributed by atoms with E-state index >= 15 is 0 Å². The smallest absolute Gasteiger partial charge is 0.0622 e. The van der Waals surface area contributed by atoms with Crippen molar-refractivity contribution >= 4 is 16.6 Å². The van der Waals surface area contributed by atoms with Crippen LogP contribution in [0.3, 0.4) is 0 Å². The second kappa shape index (κ2) is 4.05. The normalized spacial score (nSPS) is 19.1. The van der Waals surface area contributed by atoms with Crippen LogP contribution in [-0.4, -0.2) is 4.57 Å². The van der Waals surface area contributed by atoms with E-state index in [9.17, 15) is 0 Å². The van der Waals surface area contributed by atoms with E-state index in [1.54, 1.807) is 18.2 Å². The Hall–Kier alpha value is -1.95. The van der Waals surface area contributed by atoms with Crippen LogP contribution in [0.15, 0.2) is 30.5 Å². The van der Waals surface area contributed by atoms with Crippen LogP contribution >= 0.6 is 0 Å². The van der Waals surface area contributed by atoms with Crippen LogP contribution in [-0.2, 0) is 6.50 Å². The van der Waals surface area contributed by atoms with E-state index in [2.05, 4.69) is 0 Å². The van der Waals surface area contributed by atoms with Crippen LogP contribution in [0.1, 0.15) is 21.0 Å². The molecule has 0 aliphatic carbocycles. The van der Waals surface area contributed by atoms with E-state index in [4.69, 9.17) is 19.2 Å². The molecule has 0 bridgehead atoms. The number of fused-ring (bicyclic) bond motifs is 1. The zero-order chi connectivity index (χ0) is 16.1. The van der Waals surface area contributed by atoms with E-state index in [1.165, 1.54) is 18.3 Å². The van der Waals surface area contributed by atoms with E-state index in [1.807, 2.05) is 0 Å². The molecule has 1 aromatic carbocycles. The van der Waals surface area contributed by atoms with Crippen LogP contribution < -0.4 is 5.73 Å². The molecule has 0 spiro atoms. The maximum absolute atomic E-state index is 8.78. The summed E-state index contributed by atoms with van der Waals surface area (Å²) in [5.41, 5.74) is 6.49. The molecule has 0 atom stereocenters. The van der Waals surface area contributed by atoms with Crippen LogP contribution in [0, 0.1) is 11.3 Å². The van der Waals surface area contributed by atoms with Gasteiger partial charge >= 0.3 is 0 Å². The van der Waals surface area contributed by atoms with Crippen LogP contribution in [0.25, 0.3) is 10.9 Å². The van der Waals surface area contributed by atoms with E-state index < -0.39 is 19.2 Å². The van der Waals surface area contributed by atoms with Gasteiger partial charge in [0.15, 0.2) is 0 Å². The zero-order valence-corrected chi connectivity index (χ0v) is 7.86.